The molecular weight excluding hydrogens is 326 g/mol. The highest BCUT2D eigenvalue weighted by Gasteiger charge is 2.05. The van der Waals surface area contributed by atoms with Gasteiger partial charge in [-0.05, 0) is 65.6 Å². The Labute approximate surface area is 163 Å². The summed E-state index contributed by atoms with van der Waals surface area (Å²) in [6.45, 7) is 2.25. The summed E-state index contributed by atoms with van der Waals surface area (Å²) in [5.41, 5.74) is 7.34. The number of benzene rings is 3. The van der Waals surface area contributed by atoms with Gasteiger partial charge in [0.05, 0.1) is 11.6 Å². The molecule has 3 rings (SSSR count). The van der Waals surface area contributed by atoms with Crippen LogP contribution in [0, 0.1) is 11.3 Å². The van der Waals surface area contributed by atoms with Crippen molar-refractivity contribution < 1.29 is 0 Å². The van der Waals surface area contributed by atoms with Crippen LogP contribution >= 0.6 is 0 Å². The summed E-state index contributed by atoms with van der Waals surface area (Å²) in [6, 6.07) is 27.8. The molecule has 1 heteroatoms. The van der Waals surface area contributed by atoms with Crippen LogP contribution in [-0.2, 0) is 19.3 Å². The maximum Gasteiger partial charge on any atom is 0.0991 e. The molecule has 0 aliphatic rings. The molecule has 0 fully saturated rings. The Morgan fingerprint density at radius 2 is 1.37 bits per heavy atom. The molecule has 0 N–H and O–H groups in total. The third-order valence-corrected chi connectivity index (χ3v) is 5.12. The Morgan fingerprint density at radius 3 is 2.04 bits per heavy atom. The van der Waals surface area contributed by atoms with Crippen molar-refractivity contribution in [2.45, 2.75) is 45.4 Å². The summed E-state index contributed by atoms with van der Waals surface area (Å²) in [4.78, 5) is 0. The van der Waals surface area contributed by atoms with Crippen LogP contribution < -0.4 is 0 Å². The molecule has 0 aromatic heterocycles. The predicted octanol–water partition coefficient (Wildman–Crippen LogP) is 6.74. The Balaban J connectivity index is 1.67. The summed E-state index contributed by atoms with van der Waals surface area (Å²) >= 11 is 0. The molecule has 0 bridgehead atoms. The average molecular weight is 354 g/mol. The molecule has 0 radical (unpaired) electrons. The molecule has 0 aliphatic heterocycles. The molecule has 27 heavy (non-hydrogen) atoms. The van der Waals surface area contributed by atoms with Crippen LogP contribution in [0.3, 0.4) is 0 Å². The fourth-order valence-electron chi connectivity index (χ4n) is 3.47. The van der Waals surface area contributed by atoms with Crippen molar-refractivity contribution in [2.75, 3.05) is 0 Å². The SMILES string of the molecule is CCCCCc1ccc(CCc2ccccc2-c2ccc(C#N)cc2)cc1. The van der Waals surface area contributed by atoms with Gasteiger partial charge >= 0.3 is 0 Å². The van der Waals surface area contributed by atoms with Crippen LogP contribution in [0.4, 0.5) is 0 Å². The normalized spacial score (nSPS) is 10.5. The molecule has 0 heterocycles. The van der Waals surface area contributed by atoms with E-state index < -0.39 is 0 Å². The highest BCUT2D eigenvalue weighted by Crippen LogP contribution is 2.25. The Kier molecular flexibility index (Phi) is 6.83. The van der Waals surface area contributed by atoms with Gasteiger partial charge in [0.25, 0.3) is 0 Å². The fourth-order valence-corrected chi connectivity index (χ4v) is 3.47. The van der Waals surface area contributed by atoms with Crippen molar-refractivity contribution in [1.82, 2.24) is 0 Å². The lowest BCUT2D eigenvalue weighted by molar-refractivity contribution is 0.717. The van der Waals surface area contributed by atoms with Gasteiger partial charge in [-0.25, -0.2) is 0 Å². The van der Waals surface area contributed by atoms with Gasteiger partial charge in [0.2, 0.25) is 0 Å². The van der Waals surface area contributed by atoms with Gasteiger partial charge in [-0.2, -0.15) is 5.26 Å². The van der Waals surface area contributed by atoms with Gasteiger partial charge in [-0.3, -0.25) is 0 Å². The fraction of sp³-hybridized carbons (Fsp3) is 0.269. The lowest BCUT2D eigenvalue weighted by atomic mass is 9.94. The minimum Gasteiger partial charge on any atom is -0.192 e. The number of nitrogens with zero attached hydrogens (tertiary/aromatic N) is 1. The standard InChI is InChI=1S/C26H27N/c1-2-3-4-7-21-10-12-22(13-11-21)14-17-24-8-5-6-9-26(24)25-18-15-23(20-27)16-19-25/h5-6,8-13,15-16,18-19H,2-4,7,14,17H2,1H3. The van der Waals surface area contributed by atoms with E-state index in [4.69, 9.17) is 5.26 Å². The lowest BCUT2D eigenvalue weighted by Crippen LogP contribution is -1.95. The molecule has 3 aromatic rings. The van der Waals surface area contributed by atoms with E-state index >= 15 is 0 Å². The van der Waals surface area contributed by atoms with Crippen molar-refractivity contribution in [3.8, 4) is 17.2 Å². The van der Waals surface area contributed by atoms with E-state index in [1.165, 1.54) is 53.5 Å². The molecule has 0 atom stereocenters. The molecule has 0 amide bonds. The van der Waals surface area contributed by atoms with E-state index in [2.05, 4.69) is 61.5 Å². The minimum atomic E-state index is 0.704. The van der Waals surface area contributed by atoms with Crippen molar-refractivity contribution in [3.05, 3.63) is 95.1 Å². The Bertz CT molecular complexity index is 883. The first-order chi connectivity index (χ1) is 13.3. The molecule has 0 unspecified atom stereocenters. The van der Waals surface area contributed by atoms with Gasteiger partial charge in [-0.1, -0.05) is 80.4 Å². The highest BCUT2D eigenvalue weighted by atomic mass is 14.2. The van der Waals surface area contributed by atoms with Crippen LogP contribution in [-0.4, -0.2) is 0 Å². The molecular formula is C26H27N. The molecule has 136 valence electrons. The summed E-state index contributed by atoms with van der Waals surface area (Å²) in [7, 11) is 0. The molecule has 0 spiro atoms. The predicted molar refractivity (Wildman–Crippen MR) is 114 cm³/mol. The van der Waals surface area contributed by atoms with Crippen LogP contribution in [0.15, 0.2) is 72.8 Å². The zero-order chi connectivity index (χ0) is 18.9. The first kappa shape index (κ1) is 18.9. The molecule has 3 aromatic carbocycles. The van der Waals surface area contributed by atoms with Crippen LogP contribution in [0.25, 0.3) is 11.1 Å². The number of unbranched alkanes of at least 4 members (excludes halogenated alkanes) is 2. The maximum absolute atomic E-state index is 8.99. The number of hydrogen-bond donors (Lipinski definition) is 0. The van der Waals surface area contributed by atoms with Crippen molar-refractivity contribution >= 4 is 0 Å². The van der Waals surface area contributed by atoms with E-state index in [0.717, 1.165) is 12.8 Å². The third-order valence-electron chi connectivity index (χ3n) is 5.12. The second-order valence-corrected chi connectivity index (χ2v) is 7.12. The monoisotopic (exact) mass is 353 g/mol. The van der Waals surface area contributed by atoms with Crippen LogP contribution in [0.1, 0.15) is 48.4 Å². The van der Waals surface area contributed by atoms with E-state index in [-0.39, 0.29) is 0 Å². The average Bonchev–Trinajstić information content (AvgIpc) is 2.74. The van der Waals surface area contributed by atoms with Gasteiger partial charge in [-0.15, -0.1) is 0 Å². The zero-order valence-electron chi connectivity index (χ0n) is 16.1. The maximum atomic E-state index is 8.99. The second-order valence-electron chi connectivity index (χ2n) is 7.12. The van der Waals surface area contributed by atoms with Crippen molar-refractivity contribution in [1.29, 1.82) is 5.26 Å². The number of aryl methyl sites for hydroxylation is 3. The van der Waals surface area contributed by atoms with E-state index in [9.17, 15) is 0 Å². The van der Waals surface area contributed by atoms with E-state index in [0.29, 0.717) is 5.56 Å². The van der Waals surface area contributed by atoms with Crippen molar-refractivity contribution in [2.24, 2.45) is 0 Å². The number of nitriles is 1. The smallest absolute Gasteiger partial charge is 0.0991 e. The summed E-state index contributed by atoms with van der Waals surface area (Å²) in [6.07, 6.45) is 7.13. The first-order valence-corrected chi connectivity index (χ1v) is 9.96. The number of rotatable bonds is 8. The largest absolute Gasteiger partial charge is 0.192 e. The minimum absolute atomic E-state index is 0.704. The van der Waals surface area contributed by atoms with Crippen LogP contribution in [0.5, 0.6) is 0 Å². The highest BCUT2D eigenvalue weighted by molar-refractivity contribution is 5.68. The van der Waals surface area contributed by atoms with Gasteiger partial charge in [0, 0.05) is 0 Å². The Hall–Kier alpha value is -2.85. The first-order valence-electron chi connectivity index (χ1n) is 9.96. The van der Waals surface area contributed by atoms with Crippen molar-refractivity contribution in [3.63, 3.8) is 0 Å². The molecule has 0 saturated carbocycles. The summed E-state index contributed by atoms with van der Waals surface area (Å²) in [5, 5.41) is 8.99. The van der Waals surface area contributed by atoms with Gasteiger partial charge in [0.15, 0.2) is 0 Å². The topological polar surface area (TPSA) is 23.8 Å². The van der Waals surface area contributed by atoms with E-state index in [1.54, 1.807) is 0 Å². The third kappa shape index (κ3) is 5.31. The number of hydrogen-bond acceptors (Lipinski definition) is 1. The molecule has 1 nitrogen and oxygen atoms in total. The quantitative estimate of drug-likeness (QED) is 0.411. The second kappa shape index (κ2) is 9.74. The summed E-state index contributed by atoms with van der Waals surface area (Å²) in [5.74, 6) is 0. The van der Waals surface area contributed by atoms with Gasteiger partial charge < -0.3 is 0 Å². The Morgan fingerprint density at radius 1 is 0.704 bits per heavy atom. The molecule has 0 aliphatic carbocycles. The summed E-state index contributed by atoms with van der Waals surface area (Å²) < 4.78 is 0. The lowest BCUT2D eigenvalue weighted by Gasteiger charge is -2.10. The zero-order valence-corrected chi connectivity index (χ0v) is 16.1. The van der Waals surface area contributed by atoms with E-state index in [1.807, 2.05) is 24.3 Å². The van der Waals surface area contributed by atoms with Gasteiger partial charge in [0.1, 0.15) is 0 Å². The molecule has 0 saturated heterocycles. The van der Waals surface area contributed by atoms with Crippen LogP contribution in [0.2, 0.25) is 0 Å².